The topological polar surface area (TPSA) is 68.8 Å². The first-order valence-electron chi connectivity index (χ1n) is 8.78. The summed E-state index contributed by atoms with van der Waals surface area (Å²) in [5.41, 5.74) is 1.18. The van der Waals surface area contributed by atoms with Crippen molar-refractivity contribution in [3.63, 3.8) is 0 Å². The standard InChI is InChI=1S/C20H24N2O4S/c1-3-24-13-14-26-16-11-9-15(10-12-16)19(23)22-20(27)21-17-7-5-6-8-18(17)25-4-2/h5-12H,3-4,13-14H2,1-2H3,(H2,21,22,23,27). The van der Waals surface area contributed by atoms with Gasteiger partial charge in [0.15, 0.2) is 5.11 Å². The van der Waals surface area contributed by atoms with Crippen LogP contribution in [0.4, 0.5) is 5.69 Å². The second kappa shape index (κ2) is 11.2. The first-order valence-corrected chi connectivity index (χ1v) is 9.19. The molecule has 0 radical (unpaired) electrons. The number of ether oxygens (including phenoxy) is 3. The lowest BCUT2D eigenvalue weighted by molar-refractivity contribution is 0.0977. The van der Waals surface area contributed by atoms with Crippen LogP contribution in [0.3, 0.4) is 0 Å². The maximum atomic E-state index is 12.3. The lowest BCUT2D eigenvalue weighted by atomic mass is 10.2. The van der Waals surface area contributed by atoms with E-state index in [-0.39, 0.29) is 11.0 Å². The molecule has 6 nitrogen and oxygen atoms in total. The molecule has 0 fully saturated rings. The molecule has 2 N–H and O–H groups in total. The van der Waals surface area contributed by atoms with E-state index >= 15 is 0 Å². The summed E-state index contributed by atoms with van der Waals surface area (Å²) in [5.74, 6) is 1.05. The maximum absolute atomic E-state index is 12.3. The van der Waals surface area contributed by atoms with Gasteiger partial charge in [0.25, 0.3) is 5.91 Å². The number of hydrogen-bond donors (Lipinski definition) is 2. The van der Waals surface area contributed by atoms with E-state index in [9.17, 15) is 4.79 Å². The van der Waals surface area contributed by atoms with Crippen molar-refractivity contribution < 1.29 is 19.0 Å². The van der Waals surface area contributed by atoms with Crippen molar-refractivity contribution in [2.75, 3.05) is 31.7 Å². The Morgan fingerprint density at radius 1 is 0.963 bits per heavy atom. The Morgan fingerprint density at radius 2 is 1.70 bits per heavy atom. The van der Waals surface area contributed by atoms with E-state index in [1.165, 1.54) is 0 Å². The normalized spacial score (nSPS) is 10.1. The predicted octanol–water partition coefficient (Wildman–Crippen LogP) is 3.63. The Hall–Kier alpha value is -2.64. The van der Waals surface area contributed by atoms with E-state index in [2.05, 4.69) is 10.6 Å². The molecule has 27 heavy (non-hydrogen) atoms. The van der Waals surface area contributed by atoms with Crippen LogP contribution in [-0.2, 0) is 4.74 Å². The van der Waals surface area contributed by atoms with Crippen LogP contribution in [0.1, 0.15) is 24.2 Å². The second-order valence-corrected chi connectivity index (χ2v) is 5.82. The monoisotopic (exact) mass is 388 g/mol. The fourth-order valence-corrected chi connectivity index (χ4v) is 2.45. The Bertz CT molecular complexity index is 750. The first kappa shape index (κ1) is 20.7. The van der Waals surface area contributed by atoms with Crippen molar-refractivity contribution in [1.82, 2.24) is 5.32 Å². The van der Waals surface area contributed by atoms with Crippen LogP contribution in [0.15, 0.2) is 48.5 Å². The molecule has 2 aromatic rings. The van der Waals surface area contributed by atoms with Crippen LogP contribution in [0.2, 0.25) is 0 Å². The first-order chi connectivity index (χ1) is 13.1. The molecule has 0 aliphatic carbocycles. The van der Waals surface area contributed by atoms with Gasteiger partial charge >= 0.3 is 0 Å². The minimum Gasteiger partial charge on any atom is -0.492 e. The molecule has 0 heterocycles. The number of rotatable bonds is 9. The third-order valence-corrected chi connectivity index (χ3v) is 3.68. The van der Waals surface area contributed by atoms with E-state index in [0.29, 0.717) is 49.2 Å². The lowest BCUT2D eigenvalue weighted by Gasteiger charge is -2.13. The summed E-state index contributed by atoms with van der Waals surface area (Å²) in [6, 6.07) is 14.2. The van der Waals surface area contributed by atoms with E-state index in [1.54, 1.807) is 24.3 Å². The summed E-state index contributed by atoms with van der Waals surface area (Å²) in [5, 5.41) is 5.84. The minimum atomic E-state index is -0.303. The molecule has 144 valence electrons. The largest absolute Gasteiger partial charge is 0.492 e. The number of para-hydroxylation sites is 2. The van der Waals surface area contributed by atoms with Crippen molar-refractivity contribution >= 4 is 28.9 Å². The molecule has 0 aliphatic rings. The number of carbonyl (C=O) groups is 1. The Morgan fingerprint density at radius 3 is 2.41 bits per heavy atom. The number of thiocarbonyl (C=S) groups is 1. The predicted molar refractivity (Wildman–Crippen MR) is 110 cm³/mol. The molecular formula is C20H24N2O4S. The van der Waals surface area contributed by atoms with Crippen LogP contribution < -0.4 is 20.1 Å². The fraction of sp³-hybridized carbons (Fsp3) is 0.300. The molecule has 2 aromatic carbocycles. The van der Waals surface area contributed by atoms with Gasteiger partial charge in [-0.3, -0.25) is 10.1 Å². The van der Waals surface area contributed by atoms with Gasteiger partial charge in [-0.25, -0.2) is 0 Å². The number of benzene rings is 2. The highest BCUT2D eigenvalue weighted by Gasteiger charge is 2.10. The molecule has 0 aromatic heterocycles. The van der Waals surface area contributed by atoms with Crippen LogP contribution in [-0.4, -0.2) is 37.4 Å². The zero-order valence-electron chi connectivity index (χ0n) is 15.5. The van der Waals surface area contributed by atoms with Crippen molar-refractivity contribution in [2.45, 2.75) is 13.8 Å². The number of nitrogens with one attached hydrogen (secondary N) is 2. The summed E-state index contributed by atoms with van der Waals surface area (Å²) >= 11 is 5.23. The molecule has 0 aliphatic heterocycles. The van der Waals surface area contributed by atoms with Gasteiger partial charge in [-0.05, 0) is 62.5 Å². The van der Waals surface area contributed by atoms with E-state index in [4.69, 9.17) is 26.4 Å². The lowest BCUT2D eigenvalue weighted by Crippen LogP contribution is -2.34. The molecule has 0 saturated heterocycles. The van der Waals surface area contributed by atoms with Gasteiger partial charge in [0, 0.05) is 12.2 Å². The van der Waals surface area contributed by atoms with Gasteiger partial charge in [-0.2, -0.15) is 0 Å². The molecule has 0 atom stereocenters. The third kappa shape index (κ3) is 6.88. The Balaban J connectivity index is 1.88. The summed E-state index contributed by atoms with van der Waals surface area (Å²) in [6.07, 6.45) is 0. The summed E-state index contributed by atoms with van der Waals surface area (Å²) < 4.78 is 16.3. The number of hydrogen-bond acceptors (Lipinski definition) is 5. The van der Waals surface area contributed by atoms with Gasteiger partial charge in [0.2, 0.25) is 0 Å². The maximum Gasteiger partial charge on any atom is 0.257 e. The van der Waals surface area contributed by atoms with Crippen LogP contribution in [0.25, 0.3) is 0 Å². The summed E-state index contributed by atoms with van der Waals surface area (Å²) in [6.45, 7) is 6.03. The smallest absolute Gasteiger partial charge is 0.257 e. The summed E-state index contributed by atoms with van der Waals surface area (Å²) in [4.78, 5) is 12.3. The van der Waals surface area contributed by atoms with Gasteiger partial charge < -0.3 is 19.5 Å². The summed E-state index contributed by atoms with van der Waals surface area (Å²) in [7, 11) is 0. The fourth-order valence-electron chi connectivity index (χ4n) is 2.25. The van der Waals surface area contributed by atoms with Gasteiger partial charge in [0.05, 0.1) is 18.9 Å². The molecule has 0 unspecified atom stereocenters. The highest BCUT2D eigenvalue weighted by molar-refractivity contribution is 7.80. The zero-order chi connectivity index (χ0) is 19.5. The molecule has 7 heteroatoms. The van der Waals surface area contributed by atoms with Gasteiger partial charge in [-0.15, -0.1) is 0 Å². The van der Waals surface area contributed by atoms with E-state index in [1.807, 2.05) is 38.1 Å². The Labute approximate surface area is 164 Å². The quantitative estimate of drug-likeness (QED) is 0.505. The highest BCUT2D eigenvalue weighted by atomic mass is 32.1. The van der Waals surface area contributed by atoms with E-state index in [0.717, 1.165) is 0 Å². The number of anilines is 1. The highest BCUT2D eigenvalue weighted by Crippen LogP contribution is 2.23. The number of carbonyl (C=O) groups excluding carboxylic acids is 1. The van der Waals surface area contributed by atoms with Crippen molar-refractivity contribution in [3.8, 4) is 11.5 Å². The third-order valence-electron chi connectivity index (χ3n) is 3.48. The Kier molecular flexibility index (Phi) is 8.54. The average molecular weight is 388 g/mol. The molecule has 2 rings (SSSR count). The molecule has 0 bridgehead atoms. The molecule has 1 amide bonds. The van der Waals surface area contributed by atoms with Gasteiger partial charge in [-0.1, -0.05) is 12.1 Å². The van der Waals surface area contributed by atoms with Crippen LogP contribution in [0.5, 0.6) is 11.5 Å². The SMILES string of the molecule is CCOCCOc1ccc(C(=O)NC(=S)Nc2ccccc2OCC)cc1. The van der Waals surface area contributed by atoms with Crippen molar-refractivity contribution in [3.05, 3.63) is 54.1 Å². The van der Waals surface area contributed by atoms with Crippen molar-refractivity contribution in [2.24, 2.45) is 0 Å². The zero-order valence-corrected chi connectivity index (χ0v) is 16.3. The van der Waals surface area contributed by atoms with Crippen LogP contribution in [0, 0.1) is 0 Å². The van der Waals surface area contributed by atoms with Gasteiger partial charge in [0.1, 0.15) is 18.1 Å². The minimum absolute atomic E-state index is 0.198. The van der Waals surface area contributed by atoms with E-state index < -0.39 is 0 Å². The average Bonchev–Trinajstić information content (AvgIpc) is 2.67. The second-order valence-electron chi connectivity index (χ2n) is 5.41. The number of amides is 1. The molecule has 0 spiro atoms. The van der Waals surface area contributed by atoms with Crippen LogP contribution >= 0.6 is 12.2 Å². The van der Waals surface area contributed by atoms with Crippen molar-refractivity contribution in [1.29, 1.82) is 0 Å². The molecular weight excluding hydrogens is 364 g/mol. The molecule has 0 saturated carbocycles.